The van der Waals surface area contributed by atoms with Crippen molar-refractivity contribution in [3.05, 3.63) is 42.5 Å². The molecule has 1 fully saturated rings. The van der Waals surface area contributed by atoms with Crippen LogP contribution in [0.5, 0.6) is 0 Å². The third-order valence-electron chi connectivity index (χ3n) is 5.27. The average Bonchev–Trinajstić information content (AvgIpc) is 2.98. The van der Waals surface area contributed by atoms with Crippen molar-refractivity contribution < 1.29 is 0 Å². The Kier molecular flexibility index (Phi) is 4.49. The Hall–Kier alpha value is -2.63. The summed E-state index contributed by atoms with van der Waals surface area (Å²) in [6.07, 6.45) is 4.21. The molecule has 1 aliphatic heterocycles. The topological polar surface area (TPSA) is 50.1 Å². The first-order valence-electron chi connectivity index (χ1n) is 9.30. The van der Waals surface area contributed by atoms with E-state index >= 15 is 0 Å². The highest BCUT2D eigenvalue weighted by Gasteiger charge is 2.19. The summed E-state index contributed by atoms with van der Waals surface area (Å²) in [7, 11) is 4.13. The van der Waals surface area contributed by atoms with Crippen molar-refractivity contribution in [2.24, 2.45) is 13.0 Å². The van der Waals surface area contributed by atoms with Crippen LogP contribution in [0.2, 0.25) is 0 Å². The summed E-state index contributed by atoms with van der Waals surface area (Å²) in [6.45, 7) is 5.17. The molecule has 4 rings (SSSR count). The minimum atomic E-state index is 0.706. The molecule has 0 N–H and O–H groups in total. The second-order valence-corrected chi connectivity index (χ2v) is 7.36. The van der Waals surface area contributed by atoms with Crippen LogP contribution in [-0.4, -0.2) is 39.7 Å². The highest BCUT2D eigenvalue weighted by molar-refractivity contribution is 5.75. The van der Waals surface area contributed by atoms with Crippen LogP contribution in [0.3, 0.4) is 0 Å². The van der Waals surface area contributed by atoms with Crippen LogP contribution in [0.1, 0.15) is 25.6 Å². The smallest absolute Gasteiger partial charge is 0.134 e. The molecule has 1 aliphatic rings. The fourth-order valence-corrected chi connectivity index (χ4v) is 3.75. The molecule has 3 aromatic rings. The first-order valence-corrected chi connectivity index (χ1v) is 9.30. The van der Waals surface area contributed by atoms with Gasteiger partial charge in [-0.3, -0.25) is 0 Å². The predicted octanol–water partition coefficient (Wildman–Crippen LogP) is 3.24. The van der Waals surface area contributed by atoms with Crippen molar-refractivity contribution in [3.8, 4) is 0 Å². The molecular weight excluding hydrogens is 324 g/mol. The fraction of sp³-hybridized carbons (Fsp3) is 0.450. The van der Waals surface area contributed by atoms with Crippen molar-refractivity contribution in [1.82, 2.24) is 19.5 Å². The highest BCUT2D eigenvalue weighted by Crippen LogP contribution is 2.24. The van der Waals surface area contributed by atoms with E-state index in [1.807, 2.05) is 12.1 Å². The normalized spacial score (nSPS) is 17.7. The number of benzene rings is 1. The van der Waals surface area contributed by atoms with E-state index in [1.54, 1.807) is 6.33 Å². The number of piperidine rings is 1. The van der Waals surface area contributed by atoms with Gasteiger partial charge in [0.1, 0.15) is 23.8 Å². The standard InChI is InChI=1S/C20H26N6/c1-15-7-6-10-26(12-15)19-11-18(21-14-22-19)24(2)13-20-23-16-8-4-5-9-17(16)25(20)3/h4-5,8-9,11,14-15H,6-7,10,12-13H2,1-3H3. The molecule has 6 heteroatoms. The Balaban J connectivity index is 1.55. The summed E-state index contributed by atoms with van der Waals surface area (Å²) in [6, 6.07) is 10.3. The summed E-state index contributed by atoms with van der Waals surface area (Å²) >= 11 is 0. The Labute approximate surface area is 154 Å². The summed E-state index contributed by atoms with van der Waals surface area (Å²) in [5.41, 5.74) is 2.19. The monoisotopic (exact) mass is 350 g/mol. The molecule has 0 spiro atoms. The zero-order valence-corrected chi connectivity index (χ0v) is 15.8. The molecular formula is C20H26N6. The summed E-state index contributed by atoms with van der Waals surface area (Å²) in [5, 5.41) is 0. The molecule has 3 heterocycles. The Morgan fingerprint density at radius 1 is 1.23 bits per heavy atom. The maximum absolute atomic E-state index is 4.77. The van der Waals surface area contributed by atoms with E-state index < -0.39 is 0 Å². The van der Waals surface area contributed by atoms with Gasteiger partial charge < -0.3 is 14.4 Å². The molecule has 26 heavy (non-hydrogen) atoms. The minimum Gasteiger partial charge on any atom is -0.356 e. The molecule has 0 saturated carbocycles. The molecule has 0 aliphatic carbocycles. The van der Waals surface area contributed by atoms with Crippen LogP contribution in [0, 0.1) is 5.92 Å². The van der Waals surface area contributed by atoms with Crippen LogP contribution < -0.4 is 9.80 Å². The van der Waals surface area contributed by atoms with E-state index in [9.17, 15) is 0 Å². The lowest BCUT2D eigenvalue weighted by Crippen LogP contribution is -2.35. The van der Waals surface area contributed by atoms with E-state index in [4.69, 9.17) is 4.98 Å². The van der Waals surface area contributed by atoms with Crippen LogP contribution in [0.4, 0.5) is 11.6 Å². The number of nitrogens with zero attached hydrogens (tertiary/aromatic N) is 6. The molecule has 0 amide bonds. The van der Waals surface area contributed by atoms with E-state index in [0.29, 0.717) is 6.54 Å². The number of hydrogen-bond donors (Lipinski definition) is 0. The number of hydrogen-bond acceptors (Lipinski definition) is 5. The molecule has 136 valence electrons. The van der Waals surface area contributed by atoms with E-state index in [2.05, 4.69) is 63.6 Å². The summed E-state index contributed by atoms with van der Waals surface area (Å²) in [4.78, 5) is 18.3. The largest absolute Gasteiger partial charge is 0.356 e. The lowest BCUT2D eigenvalue weighted by atomic mass is 10.0. The molecule has 1 saturated heterocycles. The van der Waals surface area contributed by atoms with Gasteiger partial charge in [0.15, 0.2) is 0 Å². The zero-order chi connectivity index (χ0) is 18.1. The van der Waals surface area contributed by atoms with Crippen molar-refractivity contribution >= 4 is 22.7 Å². The molecule has 1 aromatic carbocycles. The van der Waals surface area contributed by atoms with Gasteiger partial charge in [-0.1, -0.05) is 19.1 Å². The summed E-state index contributed by atoms with van der Waals surface area (Å²) in [5.74, 6) is 3.71. The first kappa shape index (κ1) is 16.8. The van der Waals surface area contributed by atoms with Gasteiger partial charge in [0.25, 0.3) is 0 Å². The minimum absolute atomic E-state index is 0.706. The summed E-state index contributed by atoms with van der Waals surface area (Å²) < 4.78 is 2.15. The second kappa shape index (κ2) is 6.94. The molecule has 1 unspecified atom stereocenters. The van der Waals surface area contributed by atoms with Gasteiger partial charge >= 0.3 is 0 Å². The third kappa shape index (κ3) is 3.23. The molecule has 6 nitrogen and oxygen atoms in total. The number of anilines is 2. The van der Waals surface area contributed by atoms with Crippen molar-refractivity contribution in [1.29, 1.82) is 0 Å². The molecule has 0 bridgehead atoms. The van der Waals surface area contributed by atoms with Crippen molar-refractivity contribution in [2.45, 2.75) is 26.3 Å². The second-order valence-electron chi connectivity index (χ2n) is 7.36. The molecule has 1 atom stereocenters. The van der Waals surface area contributed by atoms with Crippen LogP contribution in [-0.2, 0) is 13.6 Å². The third-order valence-corrected chi connectivity index (χ3v) is 5.27. The fourth-order valence-electron chi connectivity index (χ4n) is 3.75. The predicted molar refractivity (Wildman–Crippen MR) is 105 cm³/mol. The Morgan fingerprint density at radius 2 is 2.08 bits per heavy atom. The van der Waals surface area contributed by atoms with E-state index in [0.717, 1.165) is 47.5 Å². The van der Waals surface area contributed by atoms with Crippen LogP contribution in [0.25, 0.3) is 11.0 Å². The number of aromatic nitrogens is 4. The maximum atomic E-state index is 4.77. The average molecular weight is 350 g/mol. The Bertz CT molecular complexity index is 902. The van der Waals surface area contributed by atoms with E-state index in [1.165, 1.54) is 12.8 Å². The number of para-hydroxylation sites is 2. The number of aryl methyl sites for hydroxylation is 1. The van der Waals surface area contributed by atoms with Crippen molar-refractivity contribution in [3.63, 3.8) is 0 Å². The Morgan fingerprint density at radius 3 is 2.88 bits per heavy atom. The zero-order valence-electron chi connectivity index (χ0n) is 15.8. The van der Waals surface area contributed by atoms with Crippen LogP contribution >= 0.6 is 0 Å². The van der Waals surface area contributed by atoms with Gasteiger partial charge in [0.05, 0.1) is 17.6 Å². The van der Waals surface area contributed by atoms with Crippen molar-refractivity contribution in [2.75, 3.05) is 29.9 Å². The van der Waals surface area contributed by atoms with Gasteiger partial charge in [0, 0.05) is 33.3 Å². The van der Waals surface area contributed by atoms with Gasteiger partial charge in [0.2, 0.25) is 0 Å². The maximum Gasteiger partial charge on any atom is 0.134 e. The molecule has 2 aromatic heterocycles. The quantitative estimate of drug-likeness (QED) is 0.723. The molecule has 0 radical (unpaired) electrons. The SMILES string of the molecule is CC1CCCN(c2cc(N(C)Cc3nc4ccccc4n3C)ncn2)C1. The van der Waals surface area contributed by atoms with Gasteiger partial charge in [-0.15, -0.1) is 0 Å². The number of rotatable bonds is 4. The van der Waals surface area contributed by atoms with E-state index in [-0.39, 0.29) is 0 Å². The highest BCUT2D eigenvalue weighted by atomic mass is 15.2. The van der Waals surface area contributed by atoms with Crippen LogP contribution in [0.15, 0.2) is 36.7 Å². The number of imidazole rings is 1. The van der Waals surface area contributed by atoms with Gasteiger partial charge in [-0.2, -0.15) is 0 Å². The number of fused-ring (bicyclic) bond motifs is 1. The van der Waals surface area contributed by atoms with Gasteiger partial charge in [-0.05, 0) is 30.9 Å². The first-order chi connectivity index (χ1) is 12.6. The van der Waals surface area contributed by atoms with Gasteiger partial charge in [-0.25, -0.2) is 15.0 Å². The lowest BCUT2D eigenvalue weighted by Gasteiger charge is -2.32. The lowest BCUT2D eigenvalue weighted by molar-refractivity contribution is 0.444.